The van der Waals surface area contributed by atoms with Crippen molar-refractivity contribution in [3.8, 4) is 0 Å². The Morgan fingerprint density at radius 3 is 2.53 bits per heavy atom. The first-order valence-electron chi connectivity index (χ1n) is 9.01. The summed E-state index contributed by atoms with van der Waals surface area (Å²) >= 11 is 6.26. The van der Waals surface area contributed by atoms with Crippen molar-refractivity contribution >= 4 is 52.1 Å². The number of benzene rings is 2. The number of nitrogens with zero attached hydrogens (tertiary/aromatic N) is 1. The highest BCUT2D eigenvalue weighted by Crippen LogP contribution is 2.32. The molecule has 2 aromatic carbocycles. The van der Waals surface area contributed by atoms with E-state index >= 15 is 0 Å². The number of hydrazine groups is 1. The Morgan fingerprint density at radius 2 is 1.83 bits per heavy atom. The average Bonchev–Trinajstić information content (AvgIpc) is 2.99. The van der Waals surface area contributed by atoms with E-state index in [9.17, 15) is 18.8 Å². The maximum absolute atomic E-state index is 13.8. The molecule has 0 bridgehead atoms. The number of rotatable bonds is 5. The van der Waals surface area contributed by atoms with Gasteiger partial charge in [-0.1, -0.05) is 59.9 Å². The van der Waals surface area contributed by atoms with Gasteiger partial charge in [-0.05, 0) is 31.2 Å². The van der Waals surface area contributed by atoms with E-state index in [1.807, 2.05) is 6.92 Å². The number of aryl methyl sites for hydroxylation is 1. The number of nitrogens with one attached hydrogen (secondary N) is 2. The van der Waals surface area contributed by atoms with Crippen LogP contribution in [0.15, 0.2) is 53.4 Å². The SMILES string of the molecule is Cc1ccc(C(=O)NNC(=O)CCN2C(=O)/C(=C\c3ccccc3F)SC2=S)cc1. The molecule has 3 amide bonds. The Morgan fingerprint density at radius 1 is 1.13 bits per heavy atom. The van der Waals surface area contributed by atoms with Gasteiger partial charge in [0.05, 0.1) is 4.91 Å². The van der Waals surface area contributed by atoms with E-state index in [1.54, 1.807) is 42.5 Å². The quantitative estimate of drug-likeness (QED) is 0.422. The van der Waals surface area contributed by atoms with Gasteiger partial charge in [-0.15, -0.1) is 0 Å². The highest BCUT2D eigenvalue weighted by molar-refractivity contribution is 8.26. The van der Waals surface area contributed by atoms with Crippen LogP contribution >= 0.6 is 24.0 Å². The lowest BCUT2D eigenvalue weighted by Crippen LogP contribution is -2.43. The number of hydrogen-bond acceptors (Lipinski definition) is 5. The smallest absolute Gasteiger partial charge is 0.269 e. The van der Waals surface area contributed by atoms with Crippen LogP contribution in [0.3, 0.4) is 0 Å². The first-order chi connectivity index (χ1) is 14.3. The third-order valence-corrected chi connectivity index (χ3v) is 5.63. The van der Waals surface area contributed by atoms with E-state index in [2.05, 4.69) is 10.9 Å². The molecular weight excluding hydrogens is 425 g/mol. The molecule has 30 heavy (non-hydrogen) atoms. The van der Waals surface area contributed by atoms with E-state index in [-0.39, 0.29) is 29.3 Å². The molecule has 1 fully saturated rings. The molecule has 6 nitrogen and oxygen atoms in total. The van der Waals surface area contributed by atoms with E-state index < -0.39 is 17.6 Å². The minimum atomic E-state index is -0.470. The zero-order valence-electron chi connectivity index (χ0n) is 16.0. The summed E-state index contributed by atoms with van der Waals surface area (Å²) in [6, 6.07) is 13.0. The number of carbonyl (C=O) groups excluding carboxylic acids is 3. The van der Waals surface area contributed by atoms with E-state index in [1.165, 1.54) is 17.0 Å². The van der Waals surface area contributed by atoms with Gasteiger partial charge in [0.1, 0.15) is 10.1 Å². The summed E-state index contributed by atoms with van der Waals surface area (Å²) in [6.45, 7) is 1.95. The van der Waals surface area contributed by atoms with Crippen molar-refractivity contribution in [1.82, 2.24) is 15.8 Å². The van der Waals surface area contributed by atoms with Crippen molar-refractivity contribution < 1.29 is 18.8 Å². The Hall–Kier alpha value is -3.04. The van der Waals surface area contributed by atoms with Crippen LogP contribution in [-0.4, -0.2) is 33.5 Å². The summed E-state index contributed by atoms with van der Waals surface area (Å²) < 4.78 is 14.1. The lowest BCUT2D eigenvalue weighted by Gasteiger charge is -2.14. The van der Waals surface area contributed by atoms with E-state index in [4.69, 9.17) is 12.2 Å². The molecule has 0 spiro atoms. The fourth-order valence-electron chi connectivity index (χ4n) is 2.61. The van der Waals surface area contributed by atoms with Gasteiger partial charge in [-0.25, -0.2) is 4.39 Å². The summed E-state index contributed by atoms with van der Waals surface area (Å²) in [4.78, 5) is 38.2. The number of thioether (sulfide) groups is 1. The topological polar surface area (TPSA) is 78.5 Å². The van der Waals surface area contributed by atoms with Gasteiger partial charge in [0.25, 0.3) is 11.8 Å². The number of thiocarbonyl (C=S) groups is 1. The van der Waals surface area contributed by atoms with Crippen LogP contribution in [0.2, 0.25) is 0 Å². The second-order valence-electron chi connectivity index (χ2n) is 6.47. The molecular formula is C21H18FN3O3S2. The molecule has 1 aliphatic heterocycles. The fraction of sp³-hybridized carbons (Fsp3) is 0.143. The summed E-state index contributed by atoms with van der Waals surface area (Å²) in [6.07, 6.45) is 1.38. The second-order valence-corrected chi connectivity index (χ2v) is 8.15. The van der Waals surface area contributed by atoms with Crippen molar-refractivity contribution in [2.24, 2.45) is 0 Å². The van der Waals surface area contributed by atoms with Gasteiger partial charge in [0.15, 0.2) is 0 Å². The van der Waals surface area contributed by atoms with Crippen LogP contribution in [0.5, 0.6) is 0 Å². The highest BCUT2D eigenvalue weighted by Gasteiger charge is 2.32. The van der Waals surface area contributed by atoms with Crippen LogP contribution in [-0.2, 0) is 9.59 Å². The van der Waals surface area contributed by atoms with Crippen molar-refractivity contribution in [1.29, 1.82) is 0 Å². The molecule has 2 N–H and O–H groups in total. The highest BCUT2D eigenvalue weighted by atomic mass is 32.2. The molecule has 0 aliphatic carbocycles. The number of amides is 3. The molecule has 1 saturated heterocycles. The molecule has 154 valence electrons. The Balaban J connectivity index is 1.52. The van der Waals surface area contributed by atoms with E-state index in [0.29, 0.717) is 9.88 Å². The first-order valence-corrected chi connectivity index (χ1v) is 10.2. The monoisotopic (exact) mass is 443 g/mol. The summed E-state index contributed by atoms with van der Waals surface area (Å²) in [5.41, 5.74) is 6.36. The predicted molar refractivity (Wildman–Crippen MR) is 118 cm³/mol. The minimum absolute atomic E-state index is 0.0471. The predicted octanol–water partition coefficient (Wildman–Crippen LogP) is 3.19. The molecule has 0 saturated carbocycles. The normalized spacial score (nSPS) is 14.9. The maximum Gasteiger partial charge on any atom is 0.269 e. The number of carbonyl (C=O) groups is 3. The van der Waals surface area contributed by atoms with Crippen molar-refractivity contribution in [3.05, 3.63) is 75.9 Å². The lowest BCUT2D eigenvalue weighted by atomic mass is 10.1. The van der Waals surface area contributed by atoms with Crippen LogP contribution in [0, 0.1) is 12.7 Å². The Kier molecular flexibility index (Phi) is 6.96. The summed E-state index contributed by atoms with van der Waals surface area (Å²) in [7, 11) is 0. The molecule has 9 heteroatoms. The van der Waals surface area contributed by atoms with Crippen LogP contribution in [0.4, 0.5) is 4.39 Å². The minimum Gasteiger partial charge on any atom is -0.292 e. The standard InChI is InChI=1S/C21H18FN3O3S2/c1-13-6-8-14(9-7-13)19(27)24-23-18(26)10-11-25-20(28)17(30-21(25)29)12-15-4-2-3-5-16(15)22/h2-9,12H,10-11H2,1H3,(H,23,26)(H,24,27)/b17-12+. The van der Waals surface area contributed by atoms with Crippen molar-refractivity contribution in [2.45, 2.75) is 13.3 Å². The van der Waals surface area contributed by atoms with Crippen LogP contribution < -0.4 is 10.9 Å². The van der Waals surface area contributed by atoms with Gasteiger partial charge < -0.3 is 0 Å². The number of hydrogen-bond donors (Lipinski definition) is 2. The van der Waals surface area contributed by atoms with Gasteiger partial charge in [-0.2, -0.15) is 0 Å². The second kappa shape index (κ2) is 9.64. The molecule has 1 aliphatic rings. The first kappa shape index (κ1) is 21.7. The zero-order valence-corrected chi connectivity index (χ0v) is 17.6. The van der Waals surface area contributed by atoms with Gasteiger partial charge in [0, 0.05) is 24.1 Å². The fourth-order valence-corrected chi connectivity index (χ4v) is 3.91. The molecule has 2 aromatic rings. The Bertz CT molecular complexity index is 1040. The molecule has 1 heterocycles. The lowest BCUT2D eigenvalue weighted by molar-refractivity contribution is -0.124. The zero-order chi connectivity index (χ0) is 21.7. The molecule has 0 aromatic heterocycles. The van der Waals surface area contributed by atoms with Gasteiger partial charge in [0.2, 0.25) is 5.91 Å². The van der Waals surface area contributed by atoms with Gasteiger partial charge in [-0.3, -0.25) is 30.1 Å². The van der Waals surface area contributed by atoms with Gasteiger partial charge >= 0.3 is 0 Å². The molecule has 3 rings (SSSR count). The largest absolute Gasteiger partial charge is 0.292 e. The maximum atomic E-state index is 13.8. The van der Waals surface area contributed by atoms with Crippen molar-refractivity contribution in [3.63, 3.8) is 0 Å². The van der Waals surface area contributed by atoms with Crippen LogP contribution in [0.25, 0.3) is 6.08 Å². The summed E-state index contributed by atoms with van der Waals surface area (Å²) in [5.74, 6) is -1.74. The van der Waals surface area contributed by atoms with Crippen LogP contribution in [0.1, 0.15) is 27.9 Å². The third-order valence-electron chi connectivity index (χ3n) is 4.26. The van der Waals surface area contributed by atoms with Crippen molar-refractivity contribution in [2.75, 3.05) is 6.54 Å². The Labute approximate surface area is 182 Å². The summed E-state index contributed by atoms with van der Waals surface area (Å²) in [5, 5.41) is 0. The van der Waals surface area contributed by atoms with E-state index in [0.717, 1.165) is 17.3 Å². The average molecular weight is 444 g/mol. The molecule has 0 radical (unpaired) electrons. The molecule has 0 unspecified atom stereocenters. The third kappa shape index (κ3) is 5.31. The molecule has 0 atom stereocenters. The number of halogens is 1.